The van der Waals surface area contributed by atoms with Crippen LogP contribution >= 0.6 is 11.3 Å². The first-order valence-corrected chi connectivity index (χ1v) is 12.7. The van der Waals surface area contributed by atoms with Gasteiger partial charge in [0.1, 0.15) is 5.75 Å². The number of carbonyl (C=O) groups excluding carboxylic acids is 1. The van der Waals surface area contributed by atoms with E-state index in [9.17, 15) is 13.2 Å². The third-order valence-electron chi connectivity index (χ3n) is 5.37. The minimum absolute atomic E-state index is 0.0193. The molecule has 1 aromatic heterocycles. The van der Waals surface area contributed by atoms with Gasteiger partial charge in [-0.2, -0.15) is 0 Å². The van der Waals surface area contributed by atoms with Crippen LogP contribution in [-0.2, 0) is 20.2 Å². The summed E-state index contributed by atoms with van der Waals surface area (Å²) in [7, 11) is -3.76. The van der Waals surface area contributed by atoms with Crippen molar-refractivity contribution in [3.05, 3.63) is 46.7 Å². The van der Waals surface area contributed by atoms with Gasteiger partial charge in [-0.3, -0.25) is 4.79 Å². The molecular weight excluding hydrogens is 420 g/mol. The topological polar surface area (TPSA) is 84.5 Å². The van der Waals surface area contributed by atoms with E-state index in [1.54, 1.807) is 23.5 Å². The van der Waals surface area contributed by atoms with Crippen LogP contribution in [0.1, 0.15) is 44.4 Å². The normalized spacial score (nSPS) is 16.0. The molecule has 164 valence electrons. The molecule has 0 atom stereocenters. The standard InChI is InChI=1S/C22H30N2O4S2/c1-17(2)15-28-18-7-9-19(10-8-18)30(26,27)24-14-21(25)23-16-22(11-3-4-12-22)20-6-5-13-29-20/h5-10,13,17,24H,3-4,11-12,14-16H2,1-2H3,(H,23,25). The van der Waals surface area contributed by atoms with Crippen LogP contribution in [-0.4, -0.2) is 34.0 Å². The predicted octanol–water partition coefficient (Wildman–Crippen LogP) is 3.69. The average Bonchev–Trinajstić information content (AvgIpc) is 3.42. The maximum atomic E-state index is 12.5. The minimum atomic E-state index is -3.76. The van der Waals surface area contributed by atoms with E-state index in [0.717, 1.165) is 25.7 Å². The van der Waals surface area contributed by atoms with Crippen molar-refractivity contribution in [3.8, 4) is 5.75 Å². The molecule has 3 rings (SSSR count). The summed E-state index contributed by atoms with van der Waals surface area (Å²) in [5, 5.41) is 4.99. The molecule has 2 N–H and O–H groups in total. The highest BCUT2D eigenvalue weighted by Crippen LogP contribution is 2.42. The number of hydrogen-bond donors (Lipinski definition) is 2. The Labute approximate surface area is 183 Å². The number of ether oxygens (including phenoxy) is 1. The van der Waals surface area contributed by atoms with Gasteiger partial charge in [0.15, 0.2) is 0 Å². The van der Waals surface area contributed by atoms with Gasteiger partial charge >= 0.3 is 0 Å². The summed E-state index contributed by atoms with van der Waals surface area (Å²) < 4.78 is 33.0. The van der Waals surface area contributed by atoms with E-state index in [0.29, 0.717) is 24.8 Å². The zero-order valence-electron chi connectivity index (χ0n) is 17.5. The molecule has 1 aromatic carbocycles. The molecule has 30 heavy (non-hydrogen) atoms. The summed E-state index contributed by atoms with van der Waals surface area (Å²) in [6, 6.07) is 10.4. The van der Waals surface area contributed by atoms with Crippen molar-refractivity contribution in [3.63, 3.8) is 0 Å². The van der Waals surface area contributed by atoms with Crippen molar-refractivity contribution in [1.82, 2.24) is 10.0 Å². The van der Waals surface area contributed by atoms with Gasteiger partial charge in [-0.1, -0.05) is 32.8 Å². The largest absolute Gasteiger partial charge is 0.493 e. The molecule has 6 nitrogen and oxygen atoms in total. The first-order chi connectivity index (χ1) is 14.3. The summed E-state index contributed by atoms with van der Waals surface area (Å²) >= 11 is 1.72. The third-order valence-corrected chi connectivity index (χ3v) is 7.90. The highest BCUT2D eigenvalue weighted by atomic mass is 32.2. The van der Waals surface area contributed by atoms with E-state index in [1.807, 2.05) is 19.9 Å². The number of thiophene rings is 1. The van der Waals surface area contributed by atoms with E-state index >= 15 is 0 Å². The molecule has 0 aliphatic heterocycles. The number of hydrogen-bond acceptors (Lipinski definition) is 5. The van der Waals surface area contributed by atoms with Gasteiger partial charge in [-0.25, -0.2) is 13.1 Å². The number of nitrogens with one attached hydrogen (secondary N) is 2. The lowest BCUT2D eigenvalue weighted by Crippen LogP contribution is -2.43. The fourth-order valence-electron chi connectivity index (χ4n) is 3.69. The first kappa shape index (κ1) is 22.8. The quantitative estimate of drug-likeness (QED) is 0.578. The second kappa shape index (κ2) is 9.94. The van der Waals surface area contributed by atoms with Crippen molar-refractivity contribution < 1.29 is 17.9 Å². The maximum absolute atomic E-state index is 12.5. The van der Waals surface area contributed by atoms with Gasteiger partial charge in [0, 0.05) is 16.8 Å². The molecule has 0 spiro atoms. The Morgan fingerprint density at radius 2 is 1.87 bits per heavy atom. The number of sulfonamides is 1. The number of amides is 1. The molecule has 8 heteroatoms. The molecule has 2 aromatic rings. The summed E-state index contributed by atoms with van der Waals surface area (Å²) in [6.07, 6.45) is 4.39. The molecule has 0 radical (unpaired) electrons. The fraction of sp³-hybridized carbons (Fsp3) is 0.500. The Morgan fingerprint density at radius 1 is 1.17 bits per heavy atom. The van der Waals surface area contributed by atoms with E-state index < -0.39 is 10.0 Å². The SMILES string of the molecule is CC(C)COc1ccc(S(=O)(=O)NCC(=O)NCC2(c3cccs3)CCCC2)cc1. The number of carbonyl (C=O) groups is 1. The summed E-state index contributed by atoms with van der Waals surface area (Å²) in [5.74, 6) is 0.686. The van der Waals surface area contributed by atoms with Crippen LogP contribution in [0.3, 0.4) is 0 Å². The van der Waals surface area contributed by atoms with Crippen molar-refractivity contribution in [2.45, 2.75) is 49.8 Å². The minimum Gasteiger partial charge on any atom is -0.493 e. The lowest BCUT2D eigenvalue weighted by molar-refractivity contribution is -0.120. The van der Waals surface area contributed by atoms with Gasteiger partial charge in [0.25, 0.3) is 0 Å². The zero-order valence-corrected chi connectivity index (χ0v) is 19.2. The smallest absolute Gasteiger partial charge is 0.241 e. The van der Waals surface area contributed by atoms with Crippen molar-refractivity contribution >= 4 is 27.3 Å². The van der Waals surface area contributed by atoms with E-state index in [4.69, 9.17) is 4.74 Å². The Hall–Kier alpha value is -1.90. The molecule has 1 fully saturated rings. The second-order valence-electron chi connectivity index (χ2n) is 8.24. The van der Waals surface area contributed by atoms with Gasteiger partial charge < -0.3 is 10.1 Å². The highest BCUT2D eigenvalue weighted by molar-refractivity contribution is 7.89. The van der Waals surface area contributed by atoms with Crippen LogP contribution in [0.5, 0.6) is 5.75 Å². The molecule has 0 bridgehead atoms. The summed E-state index contributed by atoms with van der Waals surface area (Å²) in [5.41, 5.74) is -0.0193. The summed E-state index contributed by atoms with van der Waals surface area (Å²) in [6.45, 7) is 4.91. The summed E-state index contributed by atoms with van der Waals surface area (Å²) in [4.78, 5) is 13.7. The van der Waals surface area contributed by atoms with Crippen LogP contribution < -0.4 is 14.8 Å². The molecule has 1 amide bonds. The van der Waals surface area contributed by atoms with E-state index in [2.05, 4.69) is 21.5 Å². The highest BCUT2D eigenvalue weighted by Gasteiger charge is 2.36. The van der Waals surface area contributed by atoms with Gasteiger partial charge in [-0.15, -0.1) is 11.3 Å². The molecule has 1 aliphatic carbocycles. The molecular formula is C22H30N2O4S2. The Balaban J connectivity index is 1.52. The second-order valence-corrected chi connectivity index (χ2v) is 11.0. The van der Waals surface area contributed by atoms with Crippen molar-refractivity contribution in [1.29, 1.82) is 0 Å². The van der Waals surface area contributed by atoms with Crippen LogP contribution in [0.4, 0.5) is 0 Å². The molecule has 0 saturated heterocycles. The molecule has 1 heterocycles. The Bertz CT molecular complexity index is 917. The lowest BCUT2D eigenvalue weighted by atomic mass is 9.84. The van der Waals surface area contributed by atoms with E-state index in [-0.39, 0.29) is 22.8 Å². The zero-order chi connectivity index (χ0) is 21.6. The Kier molecular flexibility index (Phi) is 7.55. The Morgan fingerprint density at radius 3 is 2.47 bits per heavy atom. The molecule has 1 aliphatic rings. The van der Waals surface area contributed by atoms with Crippen LogP contribution in [0, 0.1) is 5.92 Å². The van der Waals surface area contributed by atoms with Gasteiger partial charge in [0.05, 0.1) is 18.0 Å². The van der Waals surface area contributed by atoms with E-state index in [1.165, 1.54) is 17.0 Å². The van der Waals surface area contributed by atoms with Gasteiger partial charge in [-0.05, 0) is 54.5 Å². The predicted molar refractivity (Wildman–Crippen MR) is 119 cm³/mol. The van der Waals surface area contributed by atoms with Crippen LogP contribution in [0.15, 0.2) is 46.7 Å². The fourth-order valence-corrected chi connectivity index (χ4v) is 5.66. The third kappa shape index (κ3) is 5.83. The average molecular weight is 451 g/mol. The first-order valence-electron chi connectivity index (χ1n) is 10.3. The number of benzene rings is 1. The lowest BCUT2D eigenvalue weighted by Gasteiger charge is -2.28. The van der Waals surface area contributed by atoms with Gasteiger partial charge in [0.2, 0.25) is 15.9 Å². The molecule has 1 saturated carbocycles. The monoisotopic (exact) mass is 450 g/mol. The van der Waals surface area contributed by atoms with Crippen LogP contribution in [0.2, 0.25) is 0 Å². The van der Waals surface area contributed by atoms with Crippen molar-refractivity contribution in [2.24, 2.45) is 5.92 Å². The van der Waals surface area contributed by atoms with Crippen LogP contribution in [0.25, 0.3) is 0 Å². The van der Waals surface area contributed by atoms with Crippen molar-refractivity contribution in [2.75, 3.05) is 19.7 Å². The maximum Gasteiger partial charge on any atom is 0.241 e. The number of rotatable bonds is 10. The molecule has 0 unspecified atom stereocenters.